The SMILES string of the molecule is CC(C)N(C[C@H]1O[C@@H](c2coc3c(N)ncnc23)[C@H](O)[C@@H]1O)C1CC(CCc2nc3ccc(C(C)(C)C)cc3[nH]2)C1. The number of anilines is 1. The van der Waals surface area contributed by atoms with Gasteiger partial charge in [0, 0.05) is 30.6 Å². The summed E-state index contributed by atoms with van der Waals surface area (Å²) >= 11 is 0. The maximum Gasteiger partial charge on any atom is 0.194 e. The molecular formula is C31H42N6O4. The Morgan fingerprint density at radius 3 is 2.66 bits per heavy atom. The molecule has 4 aromatic rings. The monoisotopic (exact) mass is 562 g/mol. The Morgan fingerprint density at radius 1 is 1.15 bits per heavy atom. The van der Waals surface area contributed by atoms with Crippen molar-refractivity contribution >= 4 is 28.0 Å². The predicted octanol–water partition coefficient (Wildman–Crippen LogP) is 4.26. The van der Waals surface area contributed by atoms with Gasteiger partial charge in [-0.25, -0.2) is 15.0 Å². The number of nitrogens with two attached hydrogens (primary N) is 1. The van der Waals surface area contributed by atoms with Crippen LogP contribution in [0.25, 0.3) is 22.1 Å². The number of aryl methyl sites for hydroxylation is 1. The minimum Gasteiger partial charge on any atom is -0.458 e. The molecule has 1 aliphatic heterocycles. The second-order valence-electron chi connectivity index (χ2n) is 13.2. The van der Waals surface area contributed by atoms with E-state index in [4.69, 9.17) is 19.9 Å². The van der Waals surface area contributed by atoms with Crippen molar-refractivity contribution in [1.82, 2.24) is 24.8 Å². The average Bonchev–Trinajstić information content (AvgIpc) is 3.58. The van der Waals surface area contributed by atoms with Gasteiger partial charge in [-0.1, -0.05) is 26.8 Å². The Bertz CT molecular complexity index is 1520. The fourth-order valence-electron chi connectivity index (χ4n) is 6.43. The van der Waals surface area contributed by atoms with E-state index in [0.29, 0.717) is 35.2 Å². The lowest BCUT2D eigenvalue weighted by Crippen LogP contribution is -2.52. The third kappa shape index (κ3) is 5.34. The molecule has 10 nitrogen and oxygen atoms in total. The van der Waals surface area contributed by atoms with Gasteiger partial charge in [-0.15, -0.1) is 0 Å². The summed E-state index contributed by atoms with van der Waals surface area (Å²) in [4.78, 5) is 19.0. The van der Waals surface area contributed by atoms with Gasteiger partial charge in [0.05, 0.1) is 23.4 Å². The maximum atomic E-state index is 10.9. The molecule has 0 bridgehead atoms. The van der Waals surface area contributed by atoms with E-state index in [1.807, 2.05) is 0 Å². The summed E-state index contributed by atoms with van der Waals surface area (Å²) in [6.45, 7) is 11.6. The van der Waals surface area contributed by atoms with E-state index in [0.717, 1.165) is 42.5 Å². The number of benzene rings is 1. The first-order valence-corrected chi connectivity index (χ1v) is 14.7. The van der Waals surface area contributed by atoms with Crippen LogP contribution in [-0.4, -0.2) is 72.0 Å². The van der Waals surface area contributed by atoms with E-state index in [9.17, 15) is 10.2 Å². The highest BCUT2D eigenvalue weighted by Gasteiger charge is 2.47. The molecular weight excluding hydrogens is 520 g/mol. The number of aromatic amines is 1. The van der Waals surface area contributed by atoms with Crippen LogP contribution in [0, 0.1) is 5.92 Å². The molecule has 1 saturated heterocycles. The standard InChI is InChI=1S/C31H42N6O4/c1-16(2)37(13-23-26(38)27(39)28(41-23)20-14-40-29-25(20)33-15-34-30(29)32)19-10-17(11-19)6-9-24-35-21-8-7-18(31(3,4)5)12-22(21)36-24/h7-8,12,14-17,19,23,26-28,38-39H,6,9-11,13H2,1-5H3,(H,35,36)(H2,32,33,34)/t17?,19?,23-,26-,27-,28+/m1/s1. The Labute approximate surface area is 240 Å². The molecule has 2 fully saturated rings. The number of furan rings is 1. The number of nitrogen functional groups attached to an aromatic ring is 1. The number of hydrogen-bond acceptors (Lipinski definition) is 9. The second-order valence-corrected chi connectivity index (χ2v) is 13.2. The third-order valence-corrected chi connectivity index (χ3v) is 9.00. The molecule has 4 atom stereocenters. The number of imidazole rings is 1. The molecule has 0 unspecified atom stereocenters. The average molecular weight is 563 g/mol. The summed E-state index contributed by atoms with van der Waals surface area (Å²) in [5, 5.41) is 21.8. The molecule has 220 valence electrons. The van der Waals surface area contributed by atoms with Crippen LogP contribution in [0.4, 0.5) is 5.82 Å². The van der Waals surface area contributed by atoms with Crippen LogP contribution < -0.4 is 5.73 Å². The Balaban J connectivity index is 1.06. The minimum absolute atomic E-state index is 0.110. The number of nitrogens with zero attached hydrogens (tertiary/aromatic N) is 4. The van der Waals surface area contributed by atoms with Gasteiger partial charge in [0.1, 0.15) is 36.0 Å². The Hall–Kier alpha value is -3.05. The second kappa shape index (κ2) is 10.7. The third-order valence-electron chi connectivity index (χ3n) is 9.00. The van der Waals surface area contributed by atoms with Crippen molar-refractivity contribution in [2.45, 2.75) is 102 Å². The number of aromatic nitrogens is 4. The summed E-state index contributed by atoms with van der Waals surface area (Å²) in [5.74, 6) is 1.91. The fraction of sp³-hybridized carbons (Fsp3) is 0.581. The van der Waals surface area contributed by atoms with Crippen LogP contribution in [0.1, 0.15) is 76.9 Å². The van der Waals surface area contributed by atoms with Crippen molar-refractivity contribution in [3.63, 3.8) is 0 Å². The van der Waals surface area contributed by atoms with Crippen molar-refractivity contribution in [3.8, 4) is 0 Å². The number of rotatable bonds is 8. The van der Waals surface area contributed by atoms with Crippen molar-refractivity contribution in [2.75, 3.05) is 12.3 Å². The van der Waals surface area contributed by atoms with Gasteiger partial charge in [0.2, 0.25) is 0 Å². The van der Waals surface area contributed by atoms with Crippen LogP contribution in [0.2, 0.25) is 0 Å². The summed E-state index contributed by atoms with van der Waals surface area (Å²) in [6, 6.07) is 7.22. The first-order chi connectivity index (χ1) is 19.5. The molecule has 6 rings (SSSR count). The van der Waals surface area contributed by atoms with Crippen LogP contribution in [0.3, 0.4) is 0 Å². The zero-order chi connectivity index (χ0) is 29.1. The summed E-state index contributed by atoms with van der Waals surface area (Å²) < 4.78 is 11.8. The van der Waals surface area contributed by atoms with Crippen molar-refractivity contribution in [1.29, 1.82) is 0 Å². The normalized spacial score (nSPS) is 27.0. The van der Waals surface area contributed by atoms with Crippen molar-refractivity contribution in [2.24, 2.45) is 5.92 Å². The molecule has 4 heterocycles. The summed E-state index contributed by atoms with van der Waals surface area (Å²) in [5.41, 5.74) is 10.9. The fourth-order valence-corrected chi connectivity index (χ4v) is 6.43. The van der Waals surface area contributed by atoms with Crippen LogP contribution in [0.5, 0.6) is 0 Å². The topological polar surface area (TPSA) is 147 Å². The number of nitrogens with one attached hydrogen (secondary N) is 1. The summed E-state index contributed by atoms with van der Waals surface area (Å²) in [7, 11) is 0. The number of H-pyrrole nitrogens is 1. The zero-order valence-electron chi connectivity index (χ0n) is 24.5. The number of aliphatic hydroxyl groups excluding tert-OH is 2. The van der Waals surface area contributed by atoms with Gasteiger partial charge in [-0.3, -0.25) is 4.90 Å². The first kappa shape index (κ1) is 28.1. The highest BCUT2D eigenvalue weighted by Crippen LogP contribution is 2.41. The summed E-state index contributed by atoms with van der Waals surface area (Å²) in [6.07, 6.45) is 3.67. The van der Waals surface area contributed by atoms with Gasteiger partial charge in [-0.2, -0.15) is 0 Å². The zero-order valence-corrected chi connectivity index (χ0v) is 24.5. The largest absolute Gasteiger partial charge is 0.458 e. The van der Waals surface area contributed by atoms with E-state index in [1.165, 1.54) is 18.2 Å². The molecule has 1 saturated carbocycles. The first-order valence-electron chi connectivity index (χ1n) is 14.7. The molecule has 2 aliphatic rings. The molecule has 1 aliphatic carbocycles. The van der Waals surface area contributed by atoms with Gasteiger partial charge in [0.25, 0.3) is 0 Å². The smallest absolute Gasteiger partial charge is 0.194 e. The van der Waals surface area contributed by atoms with E-state index in [2.05, 4.69) is 72.7 Å². The van der Waals surface area contributed by atoms with Gasteiger partial charge >= 0.3 is 0 Å². The number of fused-ring (bicyclic) bond motifs is 2. The lowest BCUT2D eigenvalue weighted by atomic mass is 9.76. The molecule has 5 N–H and O–H groups in total. The molecule has 10 heteroatoms. The highest BCUT2D eigenvalue weighted by atomic mass is 16.5. The van der Waals surface area contributed by atoms with Crippen LogP contribution >= 0.6 is 0 Å². The minimum atomic E-state index is -1.09. The number of aliphatic hydroxyl groups is 2. The van der Waals surface area contributed by atoms with Gasteiger partial charge in [-0.05, 0) is 62.1 Å². The van der Waals surface area contributed by atoms with Crippen LogP contribution in [0.15, 0.2) is 35.2 Å². The Morgan fingerprint density at radius 2 is 1.93 bits per heavy atom. The molecule has 0 spiro atoms. The molecule has 0 amide bonds. The van der Waals surface area contributed by atoms with Gasteiger partial charge in [0.15, 0.2) is 11.4 Å². The number of hydrogen-bond donors (Lipinski definition) is 4. The number of ether oxygens (including phenoxy) is 1. The van der Waals surface area contributed by atoms with E-state index in [-0.39, 0.29) is 17.3 Å². The molecule has 0 radical (unpaired) electrons. The lowest BCUT2D eigenvalue weighted by Gasteiger charge is -2.46. The van der Waals surface area contributed by atoms with E-state index < -0.39 is 24.4 Å². The molecule has 41 heavy (non-hydrogen) atoms. The highest BCUT2D eigenvalue weighted by molar-refractivity contribution is 5.85. The quantitative estimate of drug-likeness (QED) is 0.247. The lowest BCUT2D eigenvalue weighted by molar-refractivity contribution is -0.0434. The van der Waals surface area contributed by atoms with Crippen LogP contribution in [-0.2, 0) is 16.6 Å². The van der Waals surface area contributed by atoms with Gasteiger partial charge < -0.3 is 30.1 Å². The Kier molecular flexibility index (Phi) is 7.30. The molecule has 3 aromatic heterocycles. The van der Waals surface area contributed by atoms with E-state index >= 15 is 0 Å². The van der Waals surface area contributed by atoms with Crippen molar-refractivity contribution < 1.29 is 19.4 Å². The predicted molar refractivity (Wildman–Crippen MR) is 157 cm³/mol. The maximum absolute atomic E-state index is 10.9. The molecule has 1 aromatic carbocycles. The van der Waals surface area contributed by atoms with Crippen molar-refractivity contribution in [3.05, 3.63) is 47.7 Å². The van der Waals surface area contributed by atoms with E-state index in [1.54, 1.807) is 0 Å².